The molecule has 41 heavy (non-hydrogen) atoms. The van der Waals surface area contributed by atoms with Crippen molar-refractivity contribution in [2.75, 3.05) is 42.9 Å². The average molecular weight is 569 g/mol. The number of aliphatic hydroxyl groups is 1. The third kappa shape index (κ3) is 5.84. The lowest BCUT2D eigenvalue weighted by atomic mass is 9.84. The van der Waals surface area contributed by atoms with Gasteiger partial charge in [0.15, 0.2) is 5.82 Å². The molecule has 1 aromatic heterocycles. The van der Waals surface area contributed by atoms with Crippen molar-refractivity contribution >= 4 is 29.2 Å². The third-order valence-electron chi connectivity index (χ3n) is 7.89. The van der Waals surface area contributed by atoms with Gasteiger partial charge in [-0.25, -0.2) is 24.2 Å². The Morgan fingerprint density at radius 2 is 2.15 bits per heavy atom. The molecule has 3 saturated heterocycles. The first kappa shape index (κ1) is 28.7. The number of carbonyl (C=O) groups excluding carboxylic acids is 1. The van der Waals surface area contributed by atoms with E-state index in [1.54, 1.807) is 21.0 Å². The number of anilines is 4. The summed E-state index contributed by atoms with van der Waals surface area (Å²) < 4.78 is 21.0. The Labute approximate surface area is 238 Å². The average Bonchev–Trinajstić information content (AvgIpc) is 3.49. The maximum Gasteiger partial charge on any atom is 0.355 e. The molecule has 220 valence electrons. The molecule has 4 heterocycles. The minimum Gasteiger partial charge on any atom is -0.489 e. The lowest BCUT2D eigenvalue weighted by Gasteiger charge is -2.47. The van der Waals surface area contributed by atoms with E-state index in [4.69, 9.17) is 4.74 Å². The number of hydrazine groups is 3. The van der Waals surface area contributed by atoms with E-state index >= 15 is 4.39 Å². The first-order valence-corrected chi connectivity index (χ1v) is 13.8. The maximum absolute atomic E-state index is 15.3. The molecule has 3 aliphatic heterocycles. The summed E-state index contributed by atoms with van der Waals surface area (Å²) in [6.07, 6.45) is 4.79. The highest BCUT2D eigenvalue weighted by Crippen LogP contribution is 2.39. The molecule has 0 saturated carbocycles. The number of nitriles is 1. The Hall–Kier alpha value is -3.77. The Balaban J connectivity index is 1.42. The van der Waals surface area contributed by atoms with Crippen LogP contribution in [0.15, 0.2) is 18.3 Å². The van der Waals surface area contributed by atoms with Crippen LogP contribution in [0.4, 0.5) is 32.3 Å². The van der Waals surface area contributed by atoms with Crippen LogP contribution in [-0.4, -0.2) is 87.1 Å². The van der Waals surface area contributed by atoms with Crippen molar-refractivity contribution in [3.63, 3.8) is 0 Å². The van der Waals surface area contributed by atoms with Gasteiger partial charge in [0.2, 0.25) is 5.95 Å². The summed E-state index contributed by atoms with van der Waals surface area (Å²) in [6, 6.07) is 4.86. The van der Waals surface area contributed by atoms with Crippen LogP contribution in [0, 0.1) is 17.1 Å². The molecule has 3 fully saturated rings. The molecule has 0 unspecified atom stereocenters. The van der Waals surface area contributed by atoms with Gasteiger partial charge in [-0.2, -0.15) is 10.2 Å². The number of rotatable bonds is 8. The maximum atomic E-state index is 15.3. The van der Waals surface area contributed by atoms with Crippen LogP contribution in [-0.2, 0) is 0 Å². The van der Waals surface area contributed by atoms with Crippen LogP contribution >= 0.6 is 0 Å². The van der Waals surface area contributed by atoms with Crippen molar-refractivity contribution in [2.45, 2.75) is 70.2 Å². The number of benzene rings is 1. The number of nitrogens with zero attached hydrogens (tertiary/aromatic N) is 7. The smallest absolute Gasteiger partial charge is 0.355 e. The molecule has 4 N–H and O–H groups in total. The van der Waals surface area contributed by atoms with Crippen molar-refractivity contribution < 1.29 is 19.0 Å². The first-order chi connectivity index (χ1) is 19.5. The number of aliphatic hydroxyl groups excluding tert-OH is 1. The molecule has 0 radical (unpaired) electrons. The molecule has 1 aromatic carbocycles. The highest BCUT2D eigenvalue weighted by Gasteiger charge is 2.43. The summed E-state index contributed by atoms with van der Waals surface area (Å²) in [5.74, 6) is -0.154. The second-order valence-electron chi connectivity index (χ2n) is 11.5. The summed E-state index contributed by atoms with van der Waals surface area (Å²) in [5.41, 5.74) is 3.40. The fourth-order valence-corrected chi connectivity index (χ4v) is 5.89. The summed E-state index contributed by atoms with van der Waals surface area (Å²) in [4.78, 5) is 24.2. The van der Waals surface area contributed by atoms with E-state index in [9.17, 15) is 15.2 Å². The normalized spacial score (nSPS) is 23.3. The van der Waals surface area contributed by atoms with Crippen LogP contribution in [0.5, 0.6) is 5.75 Å². The summed E-state index contributed by atoms with van der Waals surface area (Å²) in [7, 11) is 3.22. The van der Waals surface area contributed by atoms with Gasteiger partial charge in [-0.15, -0.1) is 10.7 Å². The topological polar surface area (TPSA) is 145 Å². The number of piperidine rings is 1. The van der Waals surface area contributed by atoms with Gasteiger partial charge < -0.3 is 20.5 Å². The zero-order valence-electron chi connectivity index (χ0n) is 24.0. The number of aromatic nitrogens is 2. The minimum absolute atomic E-state index is 0.00717. The van der Waals surface area contributed by atoms with E-state index < -0.39 is 18.0 Å². The van der Waals surface area contributed by atoms with Crippen LogP contribution in [0.1, 0.15) is 52.0 Å². The van der Waals surface area contributed by atoms with Crippen LogP contribution in [0.25, 0.3) is 0 Å². The van der Waals surface area contributed by atoms with Gasteiger partial charge in [0.25, 0.3) is 0 Å². The van der Waals surface area contributed by atoms with E-state index in [0.29, 0.717) is 17.4 Å². The standard InChI is InChI=1S/C27H37FN10O3/c1-16(39)15-41-23-10-20(28)21(11-22(23)38-26(40)35(4)36(5)34-38)32-25-30-14-17(13-29)24(33-25)31-18-9-19-7-6-8-37(19)27(2,3)12-18/h10-11,14,16,18-19,34,39H,6-9,12,15H2,1-5H3,(H2,30,31,32,33)/t16-,18-,19+/m1/s1. The molecule has 0 bridgehead atoms. The number of hydrogen-bond donors (Lipinski definition) is 4. The molecule has 13 nitrogen and oxygen atoms in total. The Bertz CT molecular complexity index is 1350. The number of amides is 2. The predicted molar refractivity (Wildman–Crippen MR) is 151 cm³/mol. The van der Waals surface area contributed by atoms with Gasteiger partial charge in [0.05, 0.1) is 18.0 Å². The van der Waals surface area contributed by atoms with Crippen molar-refractivity contribution in [3.05, 3.63) is 29.7 Å². The Morgan fingerprint density at radius 3 is 2.83 bits per heavy atom. The number of fused-ring (bicyclic) bond motifs is 1. The second-order valence-corrected chi connectivity index (χ2v) is 11.5. The molecule has 3 aliphatic rings. The lowest BCUT2D eigenvalue weighted by Crippen LogP contribution is -2.55. The number of nitrogens with one attached hydrogen (secondary N) is 3. The van der Waals surface area contributed by atoms with Crippen LogP contribution < -0.4 is 25.9 Å². The Kier molecular flexibility index (Phi) is 7.89. The summed E-state index contributed by atoms with van der Waals surface area (Å²) in [5, 5.41) is 29.8. The van der Waals surface area contributed by atoms with E-state index in [1.165, 1.54) is 33.8 Å². The first-order valence-electron chi connectivity index (χ1n) is 13.8. The summed E-state index contributed by atoms with van der Waals surface area (Å²) >= 11 is 0. The fourth-order valence-electron chi connectivity index (χ4n) is 5.89. The molecule has 2 amide bonds. The quantitative estimate of drug-likeness (QED) is 0.373. The number of carbonyl (C=O) groups is 1. The molecule has 3 atom stereocenters. The highest BCUT2D eigenvalue weighted by atomic mass is 19.1. The number of hydrogen-bond acceptors (Lipinski definition) is 11. The molecular formula is C27H37FN10O3. The lowest BCUT2D eigenvalue weighted by molar-refractivity contribution is 0.0501. The number of urea groups is 1. The monoisotopic (exact) mass is 568 g/mol. The van der Waals surface area contributed by atoms with Crippen molar-refractivity contribution in [1.82, 2.24) is 30.5 Å². The van der Waals surface area contributed by atoms with Gasteiger partial charge in [0, 0.05) is 37.8 Å². The third-order valence-corrected chi connectivity index (χ3v) is 7.89. The van der Waals surface area contributed by atoms with E-state index in [0.717, 1.165) is 31.9 Å². The zero-order chi connectivity index (χ0) is 29.5. The van der Waals surface area contributed by atoms with Crippen molar-refractivity contribution in [3.8, 4) is 11.8 Å². The zero-order valence-corrected chi connectivity index (χ0v) is 24.0. The van der Waals surface area contributed by atoms with Crippen molar-refractivity contribution in [1.29, 1.82) is 5.26 Å². The number of halogens is 1. The van der Waals surface area contributed by atoms with Gasteiger partial charge in [-0.05, 0) is 59.1 Å². The van der Waals surface area contributed by atoms with Gasteiger partial charge in [-0.1, -0.05) is 0 Å². The molecular weight excluding hydrogens is 531 g/mol. The SMILES string of the molecule is C[C@@H](O)COc1cc(F)c(Nc2ncc(C#N)c(N[C@@H]3C[C@@H]4CCCN4C(C)(C)C3)n2)cc1N1NN(C)N(C)C1=O. The molecule has 0 aliphatic carbocycles. The molecule has 5 rings (SSSR count). The number of ether oxygens (including phenoxy) is 1. The second kappa shape index (κ2) is 11.2. The van der Waals surface area contributed by atoms with Gasteiger partial charge in [-0.3, -0.25) is 4.90 Å². The van der Waals surface area contributed by atoms with Crippen molar-refractivity contribution in [2.24, 2.45) is 0 Å². The largest absolute Gasteiger partial charge is 0.489 e. The van der Waals surface area contributed by atoms with E-state index in [-0.39, 0.29) is 41.3 Å². The van der Waals surface area contributed by atoms with Crippen LogP contribution in [0.3, 0.4) is 0 Å². The molecule has 14 heteroatoms. The van der Waals surface area contributed by atoms with Gasteiger partial charge in [0.1, 0.15) is 35.5 Å². The molecule has 2 aromatic rings. The Morgan fingerprint density at radius 1 is 1.37 bits per heavy atom. The van der Waals surface area contributed by atoms with Crippen LogP contribution in [0.2, 0.25) is 0 Å². The minimum atomic E-state index is -0.805. The molecule has 0 spiro atoms. The predicted octanol–water partition coefficient (Wildman–Crippen LogP) is 2.95. The van der Waals surface area contributed by atoms with Gasteiger partial charge >= 0.3 is 6.03 Å². The fraction of sp³-hybridized carbons (Fsp3) is 0.556. The highest BCUT2D eigenvalue weighted by molar-refractivity contribution is 5.94. The van der Waals surface area contributed by atoms with E-state index in [1.807, 2.05) is 0 Å². The summed E-state index contributed by atoms with van der Waals surface area (Å²) in [6.45, 7) is 7.05. The van der Waals surface area contributed by atoms with E-state index in [2.05, 4.69) is 51.0 Å².